The average molecular weight is 269 g/mol. The molecule has 2 amide bonds. The van der Waals surface area contributed by atoms with Gasteiger partial charge in [-0.3, -0.25) is 9.59 Å². The summed E-state index contributed by atoms with van der Waals surface area (Å²) in [5.41, 5.74) is 0. The van der Waals surface area contributed by atoms with Gasteiger partial charge < -0.3 is 15.5 Å². The van der Waals surface area contributed by atoms with Gasteiger partial charge in [-0.15, -0.1) is 0 Å². The molecular formula is C14H27N3O2. The van der Waals surface area contributed by atoms with Crippen molar-refractivity contribution in [1.82, 2.24) is 15.5 Å². The van der Waals surface area contributed by atoms with Crippen LogP contribution in [-0.4, -0.2) is 49.9 Å². The summed E-state index contributed by atoms with van der Waals surface area (Å²) in [6.07, 6.45) is 2.61. The molecule has 1 saturated heterocycles. The molecule has 0 bridgehead atoms. The highest BCUT2D eigenvalue weighted by Crippen LogP contribution is 2.12. The van der Waals surface area contributed by atoms with Crippen molar-refractivity contribution in [2.75, 3.05) is 27.2 Å². The van der Waals surface area contributed by atoms with Gasteiger partial charge in [-0.2, -0.15) is 0 Å². The number of hydrogen-bond acceptors (Lipinski definition) is 3. The van der Waals surface area contributed by atoms with Crippen molar-refractivity contribution in [2.24, 2.45) is 11.8 Å². The Hall–Kier alpha value is -1.10. The Bertz CT molecular complexity index is 310. The van der Waals surface area contributed by atoms with E-state index in [1.54, 1.807) is 19.0 Å². The number of rotatable bonds is 5. The smallest absolute Gasteiger partial charge is 0.244 e. The van der Waals surface area contributed by atoms with Gasteiger partial charge in [0, 0.05) is 20.6 Å². The average Bonchev–Trinajstić information content (AvgIpc) is 2.37. The van der Waals surface area contributed by atoms with Gasteiger partial charge in [0.15, 0.2) is 0 Å². The van der Waals surface area contributed by atoms with Crippen molar-refractivity contribution < 1.29 is 9.59 Å². The number of amides is 2. The minimum Gasteiger partial charge on any atom is -0.347 e. The Kier molecular flexibility index (Phi) is 6.28. The third-order valence-corrected chi connectivity index (χ3v) is 3.43. The lowest BCUT2D eigenvalue weighted by Crippen LogP contribution is -2.50. The SMILES string of the molecule is CC(C)CC(NC(=O)C1CCCNC1)C(=O)N(C)C. The van der Waals surface area contributed by atoms with Gasteiger partial charge in [-0.25, -0.2) is 0 Å². The van der Waals surface area contributed by atoms with Crippen LogP contribution >= 0.6 is 0 Å². The summed E-state index contributed by atoms with van der Waals surface area (Å²) in [5.74, 6) is 0.357. The van der Waals surface area contributed by atoms with Crippen LogP contribution in [0.3, 0.4) is 0 Å². The quantitative estimate of drug-likeness (QED) is 0.768. The third-order valence-electron chi connectivity index (χ3n) is 3.43. The van der Waals surface area contributed by atoms with Crippen LogP contribution in [0.5, 0.6) is 0 Å². The van der Waals surface area contributed by atoms with E-state index in [4.69, 9.17) is 0 Å². The first kappa shape index (κ1) is 16.0. The molecule has 0 aromatic carbocycles. The molecule has 5 heteroatoms. The minimum absolute atomic E-state index is 0.00151. The molecule has 19 heavy (non-hydrogen) atoms. The minimum atomic E-state index is -0.399. The number of piperidine rings is 1. The highest BCUT2D eigenvalue weighted by atomic mass is 16.2. The van der Waals surface area contributed by atoms with Crippen molar-refractivity contribution in [3.05, 3.63) is 0 Å². The van der Waals surface area contributed by atoms with E-state index in [0.29, 0.717) is 12.3 Å². The third kappa shape index (κ3) is 5.19. The summed E-state index contributed by atoms with van der Waals surface area (Å²) in [6.45, 7) is 5.82. The van der Waals surface area contributed by atoms with Gasteiger partial charge in [0.2, 0.25) is 11.8 Å². The first-order valence-electron chi connectivity index (χ1n) is 7.14. The zero-order valence-corrected chi connectivity index (χ0v) is 12.5. The molecule has 1 aliphatic rings. The lowest BCUT2D eigenvalue weighted by Gasteiger charge is -2.27. The number of likely N-dealkylation sites (N-methyl/N-ethyl adjacent to an activating group) is 1. The van der Waals surface area contributed by atoms with E-state index in [1.165, 1.54) is 0 Å². The summed E-state index contributed by atoms with van der Waals surface area (Å²) in [4.78, 5) is 25.8. The van der Waals surface area contributed by atoms with Crippen molar-refractivity contribution >= 4 is 11.8 Å². The van der Waals surface area contributed by atoms with Crippen LogP contribution < -0.4 is 10.6 Å². The second kappa shape index (κ2) is 7.48. The van der Waals surface area contributed by atoms with Crippen molar-refractivity contribution in [3.8, 4) is 0 Å². The highest BCUT2D eigenvalue weighted by molar-refractivity contribution is 5.88. The molecule has 1 fully saturated rings. The molecule has 1 aliphatic heterocycles. The van der Waals surface area contributed by atoms with Gasteiger partial charge in [-0.05, 0) is 31.7 Å². The zero-order chi connectivity index (χ0) is 14.4. The molecule has 0 aromatic rings. The maximum Gasteiger partial charge on any atom is 0.244 e. The summed E-state index contributed by atoms with van der Waals surface area (Å²) in [5, 5.41) is 6.15. The molecule has 110 valence electrons. The normalized spacial score (nSPS) is 21.0. The first-order valence-corrected chi connectivity index (χ1v) is 7.14. The van der Waals surface area contributed by atoms with E-state index >= 15 is 0 Å². The number of carbonyl (C=O) groups is 2. The predicted octanol–water partition coefficient (Wildman–Crippen LogP) is 0.605. The Morgan fingerprint density at radius 3 is 2.53 bits per heavy atom. The first-order chi connectivity index (χ1) is 8.91. The Morgan fingerprint density at radius 2 is 2.05 bits per heavy atom. The number of hydrogen-bond donors (Lipinski definition) is 2. The lowest BCUT2D eigenvalue weighted by molar-refractivity contribution is -0.136. The van der Waals surface area contributed by atoms with Crippen LogP contribution in [-0.2, 0) is 9.59 Å². The second-order valence-corrected chi connectivity index (χ2v) is 5.97. The van der Waals surface area contributed by atoms with E-state index in [0.717, 1.165) is 25.9 Å². The maximum atomic E-state index is 12.2. The van der Waals surface area contributed by atoms with Crippen LogP contribution in [0.25, 0.3) is 0 Å². The van der Waals surface area contributed by atoms with E-state index in [1.807, 2.05) is 0 Å². The number of nitrogens with zero attached hydrogens (tertiary/aromatic N) is 1. The highest BCUT2D eigenvalue weighted by Gasteiger charge is 2.27. The fraction of sp³-hybridized carbons (Fsp3) is 0.857. The summed E-state index contributed by atoms with van der Waals surface area (Å²) >= 11 is 0. The van der Waals surface area contributed by atoms with Crippen LogP contribution in [0.2, 0.25) is 0 Å². The van der Waals surface area contributed by atoms with Crippen molar-refractivity contribution in [2.45, 2.75) is 39.2 Å². The topological polar surface area (TPSA) is 61.4 Å². The van der Waals surface area contributed by atoms with Gasteiger partial charge in [-0.1, -0.05) is 13.8 Å². The summed E-state index contributed by atoms with van der Waals surface area (Å²) in [7, 11) is 3.45. The summed E-state index contributed by atoms with van der Waals surface area (Å²) in [6, 6.07) is -0.399. The van der Waals surface area contributed by atoms with E-state index < -0.39 is 6.04 Å². The second-order valence-electron chi connectivity index (χ2n) is 5.97. The molecule has 0 aromatic heterocycles. The summed E-state index contributed by atoms with van der Waals surface area (Å²) < 4.78 is 0. The molecule has 5 nitrogen and oxygen atoms in total. The molecule has 1 heterocycles. The largest absolute Gasteiger partial charge is 0.347 e. The Labute approximate surface area is 116 Å². The monoisotopic (exact) mass is 269 g/mol. The maximum absolute atomic E-state index is 12.2. The van der Waals surface area contributed by atoms with Crippen molar-refractivity contribution in [1.29, 1.82) is 0 Å². The Balaban J connectivity index is 2.60. The lowest BCUT2D eigenvalue weighted by atomic mass is 9.97. The van der Waals surface area contributed by atoms with Crippen LogP contribution in [0, 0.1) is 11.8 Å². The Morgan fingerprint density at radius 1 is 1.37 bits per heavy atom. The molecule has 1 rings (SSSR count). The van der Waals surface area contributed by atoms with Crippen LogP contribution in [0.4, 0.5) is 0 Å². The zero-order valence-electron chi connectivity index (χ0n) is 12.5. The van der Waals surface area contributed by atoms with Gasteiger partial charge in [0.1, 0.15) is 6.04 Å². The fourth-order valence-electron chi connectivity index (χ4n) is 2.37. The molecule has 2 N–H and O–H groups in total. The molecular weight excluding hydrogens is 242 g/mol. The van der Waals surface area contributed by atoms with Crippen LogP contribution in [0.15, 0.2) is 0 Å². The van der Waals surface area contributed by atoms with E-state index in [9.17, 15) is 9.59 Å². The standard InChI is InChI=1S/C14H27N3O2/c1-10(2)8-12(14(19)17(3)4)16-13(18)11-6-5-7-15-9-11/h10-12,15H,5-9H2,1-4H3,(H,16,18). The van der Waals surface area contributed by atoms with Gasteiger partial charge in [0.25, 0.3) is 0 Å². The molecule has 0 saturated carbocycles. The van der Waals surface area contributed by atoms with E-state index in [2.05, 4.69) is 24.5 Å². The molecule has 0 aliphatic carbocycles. The molecule has 0 radical (unpaired) electrons. The van der Waals surface area contributed by atoms with Gasteiger partial charge >= 0.3 is 0 Å². The predicted molar refractivity (Wildman–Crippen MR) is 75.7 cm³/mol. The molecule has 2 atom stereocenters. The molecule has 2 unspecified atom stereocenters. The van der Waals surface area contributed by atoms with Gasteiger partial charge in [0.05, 0.1) is 5.92 Å². The van der Waals surface area contributed by atoms with E-state index in [-0.39, 0.29) is 17.7 Å². The van der Waals surface area contributed by atoms with Crippen LogP contribution in [0.1, 0.15) is 33.1 Å². The van der Waals surface area contributed by atoms with Crippen molar-refractivity contribution in [3.63, 3.8) is 0 Å². The number of carbonyl (C=O) groups excluding carboxylic acids is 2. The fourth-order valence-corrected chi connectivity index (χ4v) is 2.37. The molecule has 0 spiro atoms. The number of nitrogens with one attached hydrogen (secondary N) is 2.